The first-order chi connectivity index (χ1) is 9.11. The monoisotopic (exact) mass is 259 g/mol. The predicted octanol–water partition coefficient (Wildman–Crippen LogP) is 2.15. The largest absolute Gasteiger partial charge is 0.508 e. The first-order valence-electron chi connectivity index (χ1n) is 6.62. The van der Waals surface area contributed by atoms with Crippen LogP contribution in [0.4, 0.5) is 0 Å². The molecule has 3 N–H and O–H groups in total. The van der Waals surface area contributed by atoms with E-state index in [0.717, 1.165) is 24.1 Å². The summed E-state index contributed by atoms with van der Waals surface area (Å²) in [5, 5.41) is 14.1. The van der Waals surface area contributed by atoms with Gasteiger partial charge in [0.15, 0.2) is 0 Å². The Morgan fingerprint density at radius 2 is 2.11 bits per heavy atom. The second-order valence-corrected chi connectivity index (χ2v) is 4.87. The van der Waals surface area contributed by atoms with Crippen molar-refractivity contribution in [3.8, 4) is 5.75 Å². The van der Waals surface area contributed by atoms with Gasteiger partial charge in [0, 0.05) is 5.69 Å². The lowest BCUT2D eigenvalue weighted by Gasteiger charge is -2.06. The number of aromatic hydroxyl groups is 1. The number of nitrogens with zero attached hydrogens (tertiary/aromatic N) is 2. The normalized spacial score (nSPS) is 10.9. The van der Waals surface area contributed by atoms with E-state index in [1.165, 1.54) is 11.3 Å². The van der Waals surface area contributed by atoms with Crippen LogP contribution in [0.3, 0.4) is 0 Å². The smallest absolute Gasteiger partial charge is 0.115 e. The summed E-state index contributed by atoms with van der Waals surface area (Å²) in [5.74, 6) is 0.294. The van der Waals surface area contributed by atoms with E-state index < -0.39 is 0 Å². The molecule has 1 aromatic heterocycles. The first kappa shape index (κ1) is 13.6. The molecule has 0 spiro atoms. The number of rotatable bonds is 5. The number of phenolic OH excluding ortho intramolecular Hbond substituents is 1. The molecule has 102 valence electrons. The Kier molecular flexibility index (Phi) is 4.22. The second-order valence-electron chi connectivity index (χ2n) is 4.87. The van der Waals surface area contributed by atoms with Crippen molar-refractivity contribution >= 4 is 0 Å². The van der Waals surface area contributed by atoms with E-state index in [1.54, 1.807) is 12.1 Å². The molecule has 0 aliphatic rings. The van der Waals surface area contributed by atoms with Crippen LogP contribution < -0.4 is 5.73 Å². The topological polar surface area (TPSA) is 64.1 Å². The molecule has 4 heteroatoms. The summed E-state index contributed by atoms with van der Waals surface area (Å²) in [4.78, 5) is 0. The zero-order valence-electron chi connectivity index (χ0n) is 11.6. The minimum atomic E-state index is 0.294. The fourth-order valence-corrected chi connectivity index (χ4v) is 2.36. The van der Waals surface area contributed by atoms with Crippen LogP contribution in [0, 0.1) is 13.8 Å². The van der Waals surface area contributed by atoms with E-state index in [-0.39, 0.29) is 0 Å². The second kappa shape index (κ2) is 5.89. The van der Waals surface area contributed by atoms with Gasteiger partial charge in [0.25, 0.3) is 0 Å². The summed E-state index contributed by atoms with van der Waals surface area (Å²) >= 11 is 0. The summed E-state index contributed by atoms with van der Waals surface area (Å²) in [6, 6.07) is 7.30. The molecule has 19 heavy (non-hydrogen) atoms. The third-order valence-corrected chi connectivity index (χ3v) is 3.41. The summed E-state index contributed by atoms with van der Waals surface area (Å²) in [7, 11) is 0. The number of nitrogens with two attached hydrogens (primary N) is 1. The summed E-state index contributed by atoms with van der Waals surface area (Å²) in [5.41, 5.74) is 10.2. The number of benzene rings is 1. The Labute approximate surface area is 113 Å². The Hall–Kier alpha value is -1.81. The van der Waals surface area contributed by atoms with Gasteiger partial charge in [-0.25, -0.2) is 0 Å². The molecule has 0 amide bonds. The van der Waals surface area contributed by atoms with Crippen LogP contribution >= 0.6 is 0 Å². The third-order valence-electron chi connectivity index (χ3n) is 3.41. The van der Waals surface area contributed by atoms with Gasteiger partial charge in [-0.2, -0.15) is 5.10 Å². The average molecular weight is 259 g/mol. The summed E-state index contributed by atoms with van der Waals surface area (Å²) in [6.07, 6.45) is 1.97. The van der Waals surface area contributed by atoms with E-state index in [1.807, 2.05) is 23.7 Å². The minimum Gasteiger partial charge on any atom is -0.508 e. The van der Waals surface area contributed by atoms with Crippen molar-refractivity contribution in [2.45, 2.75) is 33.2 Å². The lowest BCUT2D eigenvalue weighted by atomic mass is 10.1. The molecule has 0 saturated heterocycles. The highest BCUT2D eigenvalue weighted by molar-refractivity contribution is 5.29. The van der Waals surface area contributed by atoms with Gasteiger partial charge in [0.05, 0.1) is 12.2 Å². The van der Waals surface area contributed by atoms with Crippen LogP contribution in [0.15, 0.2) is 24.3 Å². The molecule has 0 radical (unpaired) electrons. The zero-order valence-corrected chi connectivity index (χ0v) is 11.6. The van der Waals surface area contributed by atoms with Crippen molar-refractivity contribution in [3.05, 3.63) is 46.8 Å². The standard InChI is InChI=1S/C15H21N3O/c1-11-15(7-4-8-16)12(2)18(17-11)10-13-5-3-6-14(19)9-13/h3,5-6,9,19H,4,7-8,10,16H2,1-2H3. The molecular formula is C15H21N3O. The SMILES string of the molecule is Cc1nn(Cc2cccc(O)c2)c(C)c1CCCN. The van der Waals surface area contributed by atoms with Gasteiger partial charge in [-0.1, -0.05) is 12.1 Å². The van der Waals surface area contributed by atoms with Crippen molar-refractivity contribution in [2.75, 3.05) is 6.54 Å². The van der Waals surface area contributed by atoms with Gasteiger partial charge in [-0.05, 0) is 56.5 Å². The van der Waals surface area contributed by atoms with E-state index >= 15 is 0 Å². The molecule has 0 bridgehead atoms. The summed E-state index contributed by atoms with van der Waals surface area (Å²) in [6.45, 7) is 5.52. The molecule has 1 aromatic carbocycles. The molecule has 4 nitrogen and oxygen atoms in total. The number of hydrogen-bond acceptors (Lipinski definition) is 3. The van der Waals surface area contributed by atoms with Crippen LogP contribution in [-0.2, 0) is 13.0 Å². The average Bonchev–Trinajstić information content (AvgIpc) is 2.62. The van der Waals surface area contributed by atoms with Crippen molar-refractivity contribution in [3.63, 3.8) is 0 Å². The fourth-order valence-electron chi connectivity index (χ4n) is 2.36. The molecule has 2 rings (SSSR count). The quantitative estimate of drug-likeness (QED) is 0.864. The molecule has 0 unspecified atom stereocenters. The predicted molar refractivity (Wildman–Crippen MR) is 76.3 cm³/mol. The zero-order chi connectivity index (χ0) is 13.8. The van der Waals surface area contributed by atoms with Gasteiger partial charge in [-0.3, -0.25) is 4.68 Å². The van der Waals surface area contributed by atoms with E-state index in [9.17, 15) is 5.11 Å². The number of phenols is 1. The van der Waals surface area contributed by atoms with Gasteiger partial charge in [0.1, 0.15) is 5.75 Å². The maximum absolute atomic E-state index is 9.49. The number of hydrogen-bond donors (Lipinski definition) is 2. The lowest BCUT2D eigenvalue weighted by Crippen LogP contribution is -2.05. The maximum atomic E-state index is 9.49. The fraction of sp³-hybridized carbons (Fsp3) is 0.400. The molecule has 0 aliphatic heterocycles. The highest BCUT2D eigenvalue weighted by atomic mass is 16.3. The molecule has 2 aromatic rings. The number of aryl methyl sites for hydroxylation is 1. The van der Waals surface area contributed by atoms with Gasteiger partial charge < -0.3 is 10.8 Å². The Bertz CT molecular complexity index is 561. The van der Waals surface area contributed by atoms with Crippen LogP contribution in [0.25, 0.3) is 0 Å². The molecule has 0 aliphatic carbocycles. The molecule has 1 heterocycles. The van der Waals surface area contributed by atoms with Gasteiger partial charge >= 0.3 is 0 Å². The van der Waals surface area contributed by atoms with Crippen LogP contribution in [0.2, 0.25) is 0 Å². The van der Waals surface area contributed by atoms with Crippen LogP contribution in [-0.4, -0.2) is 21.4 Å². The van der Waals surface area contributed by atoms with E-state index in [4.69, 9.17) is 5.73 Å². The number of aromatic nitrogens is 2. The lowest BCUT2D eigenvalue weighted by molar-refractivity contribution is 0.474. The van der Waals surface area contributed by atoms with Crippen LogP contribution in [0.5, 0.6) is 5.75 Å². The van der Waals surface area contributed by atoms with Gasteiger partial charge in [0.2, 0.25) is 0 Å². The van der Waals surface area contributed by atoms with Crippen molar-refractivity contribution in [2.24, 2.45) is 5.73 Å². The van der Waals surface area contributed by atoms with Crippen LogP contribution in [0.1, 0.15) is 28.9 Å². The Morgan fingerprint density at radius 3 is 2.79 bits per heavy atom. The van der Waals surface area contributed by atoms with Gasteiger partial charge in [-0.15, -0.1) is 0 Å². The van der Waals surface area contributed by atoms with E-state index in [0.29, 0.717) is 18.8 Å². The Balaban J connectivity index is 2.21. The Morgan fingerprint density at radius 1 is 1.32 bits per heavy atom. The van der Waals surface area contributed by atoms with Crippen molar-refractivity contribution in [1.29, 1.82) is 0 Å². The maximum Gasteiger partial charge on any atom is 0.115 e. The van der Waals surface area contributed by atoms with E-state index in [2.05, 4.69) is 12.0 Å². The molecular weight excluding hydrogens is 238 g/mol. The minimum absolute atomic E-state index is 0.294. The van der Waals surface area contributed by atoms with Crippen molar-refractivity contribution in [1.82, 2.24) is 9.78 Å². The third kappa shape index (κ3) is 3.15. The highest BCUT2D eigenvalue weighted by Gasteiger charge is 2.11. The first-order valence-corrected chi connectivity index (χ1v) is 6.62. The summed E-state index contributed by atoms with van der Waals surface area (Å²) < 4.78 is 2.00. The molecule has 0 fully saturated rings. The molecule has 0 saturated carbocycles. The molecule has 0 atom stereocenters. The van der Waals surface area contributed by atoms with Crippen molar-refractivity contribution < 1.29 is 5.11 Å². The highest BCUT2D eigenvalue weighted by Crippen LogP contribution is 2.18.